The number of hydrogen-bond acceptors (Lipinski definition) is 4. The zero-order valence-electron chi connectivity index (χ0n) is 8.94. The van der Waals surface area contributed by atoms with Crippen LogP contribution in [0.15, 0.2) is 0 Å². The Kier molecular flexibility index (Phi) is 5.82. The van der Waals surface area contributed by atoms with Crippen LogP contribution in [0.25, 0.3) is 0 Å². The Morgan fingerprint density at radius 1 is 0.524 bits per heavy atom. The van der Waals surface area contributed by atoms with Gasteiger partial charge in [-0.15, -0.1) is 0 Å². The van der Waals surface area contributed by atoms with Crippen molar-refractivity contribution in [3.63, 3.8) is 0 Å². The van der Waals surface area contributed by atoms with Gasteiger partial charge in [0.15, 0.2) is 0 Å². The molecule has 0 rings (SSSR count). The van der Waals surface area contributed by atoms with E-state index >= 15 is 0 Å². The van der Waals surface area contributed by atoms with Gasteiger partial charge in [-0.3, -0.25) is 0 Å². The van der Waals surface area contributed by atoms with Crippen LogP contribution in [0.4, 0.5) is 43.9 Å². The molecule has 0 heterocycles. The Morgan fingerprint density at radius 2 is 0.714 bits per heavy atom. The summed E-state index contributed by atoms with van der Waals surface area (Å²) in [7, 11) is 0. The molecule has 0 unspecified atom stereocenters. The SMILES string of the molecule is O=[S](=O)([Sr][S](=O)(=O)C(F)(F)C(F)(F)F)C(F)(F)C(F)(F)F. The van der Waals surface area contributed by atoms with Crippen LogP contribution in [0.1, 0.15) is 0 Å². The van der Waals surface area contributed by atoms with Crippen molar-refractivity contribution in [2.24, 2.45) is 0 Å². The van der Waals surface area contributed by atoms with Gasteiger partial charge < -0.3 is 0 Å². The van der Waals surface area contributed by atoms with Crippen molar-refractivity contribution < 1.29 is 60.7 Å². The van der Waals surface area contributed by atoms with Gasteiger partial charge in [0.25, 0.3) is 0 Å². The van der Waals surface area contributed by atoms with Gasteiger partial charge in [0.1, 0.15) is 0 Å². The van der Waals surface area contributed by atoms with Gasteiger partial charge in [0, 0.05) is 0 Å². The summed E-state index contributed by atoms with van der Waals surface area (Å²) < 4.78 is 149. The molecule has 4 nitrogen and oxygen atoms in total. The molecular weight excluding hydrogens is 454 g/mol. The Bertz CT molecular complexity index is 544. The van der Waals surface area contributed by atoms with Crippen LogP contribution in [-0.2, 0) is 5.65 Å². The van der Waals surface area contributed by atoms with Crippen LogP contribution >= 0.6 is 0 Å². The summed E-state index contributed by atoms with van der Waals surface area (Å²) in [6, 6.07) is 0. The Labute approximate surface area is 125 Å². The summed E-state index contributed by atoms with van der Waals surface area (Å²) in [6.45, 7) is 0. The second-order valence-corrected chi connectivity index (χ2v) is 24.2. The first-order chi connectivity index (χ1) is 8.71. The summed E-state index contributed by atoms with van der Waals surface area (Å²) >= 11 is -6.09. The average molecular weight is 454 g/mol. The van der Waals surface area contributed by atoms with Crippen LogP contribution in [0.5, 0.6) is 0 Å². The second-order valence-electron chi connectivity index (χ2n) is 3.38. The molecule has 21 heavy (non-hydrogen) atoms. The van der Waals surface area contributed by atoms with Crippen molar-refractivity contribution in [3.05, 3.63) is 0 Å². The Hall–Kier alpha value is 0.681. The van der Waals surface area contributed by atoms with Gasteiger partial charge in [0.2, 0.25) is 0 Å². The van der Waals surface area contributed by atoms with Crippen LogP contribution in [0.3, 0.4) is 0 Å². The number of alkyl halides is 10. The van der Waals surface area contributed by atoms with E-state index in [0.29, 0.717) is 0 Å². The molecule has 0 atom stereocenters. The van der Waals surface area contributed by atoms with E-state index in [4.69, 9.17) is 0 Å². The molecule has 0 aromatic carbocycles. The van der Waals surface area contributed by atoms with Gasteiger partial charge in [-0.25, -0.2) is 0 Å². The summed E-state index contributed by atoms with van der Waals surface area (Å²) in [5.41, 5.74) is 0. The third-order valence-electron chi connectivity index (χ3n) is 1.75. The summed E-state index contributed by atoms with van der Waals surface area (Å²) in [5, 5.41) is -13.5. The average Bonchev–Trinajstić information content (AvgIpc) is 2.11. The predicted octanol–water partition coefficient (Wildman–Crippen LogP) is 1.66. The van der Waals surface area contributed by atoms with Gasteiger partial charge in [-0.05, 0) is 0 Å². The van der Waals surface area contributed by atoms with Crippen molar-refractivity contribution >= 4 is 42.6 Å². The van der Waals surface area contributed by atoms with Crippen molar-refractivity contribution in [2.75, 3.05) is 0 Å². The van der Waals surface area contributed by atoms with E-state index in [-0.39, 0.29) is 0 Å². The minimum atomic E-state index is -7.03. The molecule has 0 aliphatic carbocycles. The molecule has 0 fully saturated rings. The third kappa shape index (κ3) is 3.96. The van der Waals surface area contributed by atoms with E-state index in [0.717, 1.165) is 0 Å². The standard InChI is InChI=1S/2C2F5O2S.Sr/c2*3-1(4,5)2(6,7)10(8)9;. The van der Waals surface area contributed by atoms with Gasteiger partial charge in [-0.1, -0.05) is 0 Å². The first-order valence-electron chi connectivity index (χ1n) is 4.04. The van der Waals surface area contributed by atoms with E-state index in [9.17, 15) is 60.7 Å². The fourth-order valence-corrected chi connectivity index (χ4v) is 22.2. The monoisotopic (exact) mass is 454 g/mol. The molecule has 0 radical (unpaired) electrons. The van der Waals surface area contributed by atoms with Gasteiger partial charge in [-0.2, -0.15) is 0 Å². The van der Waals surface area contributed by atoms with E-state index in [1.807, 2.05) is 0 Å². The molecule has 0 aromatic rings. The van der Waals surface area contributed by atoms with Crippen LogP contribution in [0, 0.1) is 0 Å². The quantitative estimate of drug-likeness (QED) is 0.480. The maximum atomic E-state index is 12.5. The predicted molar refractivity (Wildman–Crippen MR) is 45.6 cm³/mol. The first-order valence-corrected chi connectivity index (χ1v) is 15.9. The Morgan fingerprint density at radius 3 is 0.857 bits per heavy atom. The second kappa shape index (κ2) is 5.64. The number of halogens is 10. The Balaban J connectivity index is 5.91. The zero-order chi connectivity index (χ0) is 17.7. The molecule has 0 spiro atoms. The van der Waals surface area contributed by atoms with Crippen LogP contribution in [0.2, 0.25) is 0 Å². The zero-order valence-corrected chi connectivity index (χ0v) is 14.0. The molecule has 0 N–H and O–H groups in total. The fraction of sp³-hybridized carbons (Fsp3) is 1.00. The summed E-state index contributed by atoms with van der Waals surface area (Å²) in [4.78, 5) is 0. The van der Waals surface area contributed by atoms with Crippen molar-refractivity contribution in [1.29, 1.82) is 0 Å². The van der Waals surface area contributed by atoms with Gasteiger partial charge in [0.05, 0.1) is 0 Å². The van der Waals surface area contributed by atoms with E-state index < -0.39 is 65.4 Å². The maximum absolute atomic E-state index is 12.5. The van der Waals surface area contributed by atoms with Crippen LogP contribution in [-0.4, -0.2) is 76.6 Å². The number of hydrogen-bond donors (Lipinski definition) is 0. The molecule has 124 valence electrons. The fourth-order valence-electron chi connectivity index (χ4n) is 0.705. The molecular formula is C4F10O4S2Sr. The molecule has 17 heteroatoms. The topological polar surface area (TPSA) is 68.3 Å². The summed E-state index contributed by atoms with van der Waals surface area (Å²) in [5.74, 6) is 0. The first kappa shape index (κ1) is 21.7. The number of rotatable bonds is 4. The molecule has 0 saturated heterocycles. The third-order valence-corrected chi connectivity index (χ3v) is 25.3. The van der Waals surface area contributed by atoms with Crippen LogP contribution < -0.4 is 0 Å². The van der Waals surface area contributed by atoms with E-state index in [1.54, 1.807) is 0 Å². The molecule has 0 amide bonds. The normalized spacial score (nSPS) is 15.7. The van der Waals surface area contributed by atoms with E-state index in [2.05, 4.69) is 0 Å². The molecule has 0 saturated carbocycles. The minimum absolute atomic E-state index is 6.09. The van der Waals surface area contributed by atoms with Crippen molar-refractivity contribution in [2.45, 2.75) is 22.9 Å². The van der Waals surface area contributed by atoms with Crippen molar-refractivity contribution in [1.82, 2.24) is 0 Å². The van der Waals surface area contributed by atoms with E-state index in [1.165, 1.54) is 0 Å². The summed E-state index contributed by atoms with van der Waals surface area (Å²) in [6.07, 6.45) is -13.7. The van der Waals surface area contributed by atoms with Gasteiger partial charge >= 0.3 is 126 Å². The molecule has 0 aromatic heterocycles. The van der Waals surface area contributed by atoms with Crippen molar-refractivity contribution in [3.8, 4) is 0 Å². The molecule has 0 bridgehead atoms. The molecule has 0 aliphatic rings. The molecule has 0 aliphatic heterocycles.